The summed E-state index contributed by atoms with van der Waals surface area (Å²) in [7, 11) is 0. The molecule has 1 N–H and O–H groups in total. The highest BCUT2D eigenvalue weighted by Gasteiger charge is 2.34. The summed E-state index contributed by atoms with van der Waals surface area (Å²) in [6.07, 6.45) is 5.10. The number of esters is 1. The molecule has 0 bridgehead atoms. The van der Waals surface area contributed by atoms with E-state index in [-0.39, 0.29) is 6.61 Å². The molecule has 0 saturated heterocycles. The van der Waals surface area contributed by atoms with Crippen molar-refractivity contribution in [2.24, 2.45) is 0 Å². The normalized spacial score (nSPS) is 15.7. The van der Waals surface area contributed by atoms with Gasteiger partial charge in [-0.05, 0) is 31.0 Å². The quantitative estimate of drug-likeness (QED) is 0.437. The van der Waals surface area contributed by atoms with Crippen molar-refractivity contribution in [3.8, 4) is 5.75 Å². The number of fused-ring (bicyclic) bond motifs is 1. The first-order valence-corrected chi connectivity index (χ1v) is 9.03. The van der Waals surface area contributed by atoms with Gasteiger partial charge in [-0.15, -0.1) is 0 Å². The number of allylic oxidation sites excluding steroid dienone is 1. The predicted octanol–water partition coefficient (Wildman–Crippen LogP) is 3.48. The van der Waals surface area contributed by atoms with Crippen LogP contribution in [0.1, 0.15) is 38.3 Å². The number of carbonyl (C=O) groups is 1. The number of rotatable bonds is 8. The van der Waals surface area contributed by atoms with Crippen LogP contribution in [0.2, 0.25) is 0 Å². The molecule has 7 nitrogen and oxygen atoms in total. The molecule has 1 atom stereocenters. The Labute approximate surface area is 158 Å². The van der Waals surface area contributed by atoms with E-state index in [4.69, 9.17) is 9.47 Å². The molecule has 0 radical (unpaired) electrons. The van der Waals surface area contributed by atoms with Gasteiger partial charge in [-0.1, -0.05) is 38.1 Å². The second kappa shape index (κ2) is 8.53. The maximum atomic E-state index is 12.7. The van der Waals surface area contributed by atoms with Gasteiger partial charge < -0.3 is 14.8 Å². The lowest BCUT2D eigenvalue weighted by atomic mass is 9.96. The number of hydrogen-bond donors (Lipinski definition) is 1. The molecule has 1 aliphatic rings. The van der Waals surface area contributed by atoms with Crippen molar-refractivity contribution in [3.05, 3.63) is 60.1 Å². The van der Waals surface area contributed by atoms with Gasteiger partial charge in [-0.3, -0.25) is 0 Å². The van der Waals surface area contributed by atoms with Gasteiger partial charge in [-0.2, -0.15) is 10.1 Å². The first kappa shape index (κ1) is 18.7. The molecule has 1 aliphatic heterocycles. The molecular formula is C20H24N4O3. The second-order valence-electron chi connectivity index (χ2n) is 6.25. The molecule has 0 saturated carbocycles. The van der Waals surface area contributed by atoms with Crippen LogP contribution in [0.25, 0.3) is 0 Å². The number of nitrogens with one attached hydrogen (secondary N) is 1. The number of benzene rings is 1. The summed E-state index contributed by atoms with van der Waals surface area (Å²) < 4.78 is 12.7. The van der Waals surface area contributed by atoms with E-state index in [0.29, 0.717) is 23.8 Å². The number of aromatic nitrogens is 3. The third kappa shape index (κ3) is 4.02. The Hall–Kier alpha value is -3.09. The van der Waals surface area contributed by atoms with Crippen molar-refractivity contribution in [2.75, 3.05) is 18.5 Å². The summed E-state index contributed by atoms with van der Waals surface area (Å²) in [5.41, 5.74) is 2.09. The monoisotopic (exact) mass is 368 g/mol. The lowest BCUT2D eigenvalue weighted by Gasteiger charge is -2.28. The van der Waals surface area contributed by atoms with Crippen LogP contribution >= 0.6 is 0 Å². The second-order valence-corrected chi connectivity index (χ2v) is 6.25. The molecule has 2 aromatic rings. The topological polar surface area (TPSA) is 78.3 Å². The molecule has 1 aromatic heterocycles. The summed E-state index contributed by atoms with van der Waals surface area (Å²) in [6, 6.07) is 7.27. The van der Waals surface area contributed by atoms with Gasteiger partial charge >= 0.3 is 5.97 Å². The summed E-state index contributed by atoms with van der Waals surface area (Å²) in [5.74, 6) is 0.979. The molecule has 1 aromatic carbocycles. The largest absolute Gasteiger partial charge is 0.494 e. The molecule has 7 heteroatoms. The van der Waals surface area contributed by atoms with Gasteiger partial charge in [0.05, 0.1) is 12.2 Å². The van der Waals surface area contributed by atoms with Crippen LogP contribution < -0.4 is 10.1 Å². The minimum atomic E-state index is -0.425. The van der Waals surface area contributed by atoms with Crippen LogP contribution in [0, 0.1) is 0 Å². The first-order chi connectivity index (χ1) is 13.2. The number of anilines is 1. The molecule has 0 fully saturated rings. The maximum Gasteiger partial charge on any atom is 0.338 e. The van der Waals surface area contributed by atoms with Crippen molar-refractivity contribution in [3.63, 3.8) is 0 Å². The summed E-state index contributed by atoms with van der Waals surface area (Å²) in [5, 5.41) is 7.41. The van der Waals surface area contributed by atoms with E-state index in [1.54, 1.807) is 10.8 Å². The van der Waals surface area contributed by atoms with Crippen LogP contribution in [0.4, 0.5) is 5.95 Å². The van der Waals surface area contributed by atoms with Crippen molar-refractivity contribution >= 4 is 11.9 Å². The first-order valence-electron chi connectivity index (χ1n) is 9.03. The summed E-state index contributed by atoms with van der Waals surface area (Å²) >= 11 is 0. The van der Waals surface area contributed by atoms with Gasteiger partial charge in [0.1, 0.15) is 24.7 Å². The summed E-state index contributed by atoms with van der Waals surface area (Å²) in [6.45, 7) is 8.39. The Morgan fingerprint density at radius 1 is 1.37 bits per heavy atom. The van der Waals surface area contributed by atoms with E-state index >= 15 is 0 Å². The number of carbonyl (C=O) groups excluding carboxylic acids is 1. The van der Waals surface area contributed by atoms with Gasteiger partial charge in [-0.25, -0.2) is 9.48 Å². The third-order valence-electron chi connectivity index (χ3n) is 4.31. The third-order valence-corrected chi connectivity index (χ3v) is 4.31. The lowest BCUT2D eigenvalue weighted by Crippen LogP contribution is -2.29. The Morgan fingerprint density at radius 3 is 2.85 bits per heavy atom. The Balaban J connectivity index is 1.92. The van der Waals surface area contributed by atoms with E-state index in [1.165, 1.54) is 6.33 Å². The zero-order valence-electron chi connectivity index (χ0n) is 15.6. The fourth-order valence-electron chi connectivity index (χ4n) is 2.96. The van der Waals surface area contributed by atoms with Gasteiger partial charge in [0.2, 0.25) is 5.95 Å². The van der Waals surface area contributed by atoms with Crippen LogP contribution in [0.5, 0.6) is 5.75 Å². The number of hydrogen-bond acceptors (Lipinski definition) is 6. The van der Waals surface area contributed by atoms with E-state index in [2.05, 4.69) is 28.9 Å². The van der Waals surface area contributed by atoms with Crippen LogP contribution in [-0.4, -0.2) is 33.9 Å². The smallest absolute Gasteiger partial charge is 0.338 e. The Morgan fingerprint density at radius 2 is 2.15 bits per heavy atom. The molecule has 0 amide bonds. The van der Waals surface area contributed by atoms with Crippen LogP contribution in [0.15, 0.2) is 54.5 Å². The Kier molecular flexibility index (Phi) is 5.90. The fourth-order valence-corrected chi connectivity index (χ4v) is 2.96. The number of nitrogens with zero attached hydrogens (tertiary/aromatic N) is 3. The fraction of sp³-hybridized carbons (Fsp3) is 0.350. The molecular weight excluding hydrogens is 344 g/mol. The zero-order chi connectivity index (χ0) is 19.2. The molecule has 0 aliphatic carbocycles. The Bertz CT molecular complexity index is 839. The average molecular weight is 368 g/mol. The highest BCUT2D eigenvalue weighted by molar-refractivity contribution is 5.92. The van der Waals surface area contributed by atoms with Crippen molar-refractivity contribution < 1.29 is 14.3 Å². The van der Waals surface area contributed by atoms with Crippen molar-refractivity contribution in [1.82, 2.24) is 14.8 Å². The standard InChI is InChI=1S/C20H24N4O3/c1-4-6-12-26-16-9-7-15(8-10-16)18-17(19(25)27-11-5-2)14(3)23-20-21-13-22-24(18)20/h5,7-10,13,18H,2,4,6,11-12H2,1,3H3,(H,21,22,23). The van der Waals surface area contributed by atoms with Crippen LogP contribution in [-0.2, 0) is 9.53 Å². The van der Waals surface area contributed by atoms with E-state index in [1.807, 2.05) is 31.2 Å². The highest BCUT2D eigenvalue weighted by atomic mass is 16.5. The van der Waals surface area contributed by atoms with E-state index in [9.17, 15) is 4.79 Å². The molecule has 1 unspecified atom stereocenters. The maximum absolute atomic E-state index is 12.7. The van der Waals surface area contributed by atoms with Gasteiger partial charge in [0.15, 0.2) is 0 Å². The van der Waals surface area contributed by atoms with Gasteiger partial charge in [0.25, 0.3) is 0 Å². The van der Waals surface area contributed by atoms with Crippen molar-refractivity contribution in [1.29, 1.82) is 0 Å². The molecule has 0 spiro atoms. The zero-order valence-corrected chi connectivity index (χ0v) is 15.6. The van der Waals surface area contributed by atoms with E-state index < -0.39 is 12.0 Å². The predicted molar refractivity (Wildman–Crippen MR) is 102 cm³/mol. The van der Waals surface area contributed by atoms with Crippen molar-refractivity contribution in [2.45, 2.75) is 32.7 Å². The average Bonchev–Trinajstić information content (AvgIpc) is 3.14. The molecule has 3 rings (SSSR count). The minimum absolute atomic E-state index is 0.150. The SMILES string of the molecule is C=CCOC(=O)C1=C(C)Nc2ncnn2C1c1ccc(OCCCC)cc1. The van der Waals surface area contributed by atoms with Crippen LogP contribution in [0.3, 0.4) is 0 Å². The highest BCUT2D eigenvalue weighted by Crippen LogP contribution is 2.35. The number of unbranched alkanes of at least 4 members (excludes halogenated alkanes) is 1. The molecule has 2 heterocycles. The minimum Gasteiger partial charge on any atom is -0.494 e. The lowest BCUT2D eigenvalue weighted by molar-refractivity contribution is -0.138. The summed E-state index contributed by atoms with van der Waals surface area (Å²) in [4.78, 5) is 16.9. The van der Waals surface area contributed by atoms with Gasteiger partial charge in [0, 0.05) is 5.70 Å². The van der Waals surface area contributed by atoms with E-state index in [0.717, 1.165) is 24.2 Å². The molecule has 27 heavy (non-hydrogen) atoms. The number of ether oxygens (including phenoxy) is 2. The molecule has 142 valence electrons.